The molecule has 4 aromatic rings. The lowest BCUT2D eigenvalue weighted by Gasteiger charge is -2.18. The summed E-state index contributed by atoms with van der Waals surface area (Å²) in [6, 6.07) is 24.0. The Labute approximate surface area is 280 Å². The monoisotopic (exact) mass is 674 g/mol. The number of carbonyl (C=O) groups is 3. The van der Waals surface area contributed by atoms with Crippen LogP contribution in [0.1, 0.15) is 29.3 Å². The molecule has 13 heteroatoms. The van der Waals surface area contributed by atoms with Crippen LogP contribution in [-0.2, 0) is 9.59 Å². The van der Waals surface area contributed by atoms with E-state index in [-0.39, 0.29) is 17.3 Å². The SMILES string of the molecule is CCC(Sc1cccc(NC(=O)/C(=C\c2ccc([N+](=O)[O-])cc2)NC(=O)c2ccccc2)c1)C(=O)Nc1cc(Cl)c(OC)cc1OC. The van der Waals surface area contributed by atoms with Gasteiger partial charge in [-0.1, -0.05) is 42.8 Å². The minimum atomic E-state index is -0.622. The first-order valence-electron chi connectivity index (χ1n) is 14.2. The van der Waals surface area contributed by atoms with Gasteiger partial charge in [-0.05, 0) is 66.6 Å². The smallest absolute Gasteiger partial charge is 0.272 e. The summed E-state index contributed by atoms with van der Waals surface area (Å²) in [6.45, 7) is 1.88. The van der Waals surface area contributed by atoms with E-state index in [4.69, 9.17) is 21.1 Å². The van der Waals surface area contributed by atoms with Crippen molar-refractivity contribution in [2.75, 3.05) is 24.9 Å². The second-order valence-electron chi connectivity index (χ2n) is 9.90. The van der Waals surface area contributed by atoms with Crippen molar-refractivity contribution in [2.24, 2.45) is 0 Å². The Balaban J connectivity index is 1.52. The number of nitrogens with zero attached hydrogens (tertiary/aromatic N) is 1. The molecule has 0 heterocycles. The number of hydrogen-bond acceptors (Lipinski definition) is 8. The number of anilines is 2. The largest absolute Gasteiger partial charge is 0.495 e. The van der Waals surface area contributed by atoms with Gasteiger partial charge in [0.2, 0.25) is 5.91 Å². The molecule has 3 amide bonds. The molecule has 0 aliphatic heterocycles. The molecule has 11 nitrogen and oxygen atoms in total. The summed E-state index contributed by atoms with van der Waals surface area (Å²) < 4.78 is 10.6. The van der Waals surface area contributed by atoms with Crippen LogP contribution in [0.2, 0.25) is 5.02 Å². The molecular weight excluding hydrogens is 644 g/mol. The van der Waals surface area contributed by atoms with Gasteiger partial charge in [-0.25, -0.2) is 0 Å². The van der Waals surface area contributed by atoms with Crippen molar-refractivity contribution in [3.05, 3.63) is 123 Å². The van der Waals surface area contributed by atoms with Crippen LogP contribution < -0.4 is 25.4 Å². The molecule has 4 aromatic carbocycles. The van der Waals surface area contributed by atoms with Gasteiger partial charge in [-0.2, -0.15) is 0 Å². The van der Waals surface area contributed by atoms with Crippen LogP contribution in [0.5, 0.6) is 11.5 Å². The highest BCUT2D eigenvalue weighted by molar-refractivity contribution is 8.00. The van der Waals surface area contributed by atoms with E-state index >= 15 is 0 Å². The van der Waals surface area contributed by atoms with E-state index in [0.29, 0.717) is 50.3 Å². The predicted octanol–water partition coefficient (Wildman–Crippen LogP) is 7.18. The number of amides is 3. The van der Waals surface area contributed by atoms with Crippen LogP contribution in [-0.4, -0.2) is 42.1 Å². The van der Waals surface area contributed by atoms with Gasteiger partial charge in [-0.3, -0.25) is 24.5 Å². The van der Waals surface area contributed by atoms with E-state index in [1.165, 1.54) is 56.3 Å². The van der Waals surface area contributed by atoms with Gasteiger partial charge >= 0.3 is 0 Å². The summed E-state index contributed by atoms with van der Waals surface area (Å²) in [5, 5.41) is 19.2. The Morgan fingerprint density at radius 1 is 0.915 bits per heavy atom. The van der Waals surface area contributed by atoms with Crippen molar-refractivity contribution < 1.29 is 28.8 Å². The van der Waals surface area contributed by atoms with E-state index in [0.717, 1.165) is 0 Å². The maximum atomic E-state index is 13.5. The van der Waals surface area contributed by atoms with Crippen LogP contribution in [0.15, 0.2) is 102 Å². The molecular formula is C34H31ClN4O7S. The quantitative estimate of drug-likeness (QED) is 0.0584. The number of ether oxygens (including phenoxy) is 2. The van der Waals surface area contributed by atoms with Gasteiger partial charge in [0.1, 0.15) is 17.2 Å². The maximum absolute atomic E-state index is 13.5. The number of hydrogen-bond donors (Lipinski definition) is 3. The second kappa shape index (κ2) is 16.3. The molecule has 0 bridgehead atoms. The van der Waals surface area contributed by atoms with E-state index < -0.39 is 22.0 Å². The highest BCUT2D eigenvalue weighted by Crippen LogP contribution is 2.37. The molecule has 3 N–H and O–H groups in total. The van der Waals surface area contributed by atoms with Crippen molar-refractivity contribution in [3.8, 4) is 11.5 Å². The van der Waals surface area contributed by atoms with Gasteiger partial charge in [0.15, 0.2) is 0 Å². The Morgan fingerprint density at radius 2 is 1.62 bits per heavy atom. The van der Waals surface area contributed by atoms with Crippen LogP contribution in [0.25, 0.3) is 6.08 Å². The molecule has 0 radical (unpaired) electrons. The number of carbonyl (C=O) groups excluding carboxylic acids is 3. The van der Waals surface area contributed by atoms with Gasteiger partial charge < -0.3 is 25.4 Å². The Kier molecular flexibility index (Phi) is 12.0. The number of nitrogens with one attached hydrogen (secondary N) is 3. The normalized spacial score (nSPS) is 11.6. The van der Waals surface area contributed by atoms with E-state index in [1.807, 2.05) is 13.0 Å². The fourth-order valence-corrected chi connectivity index (χ4v) is 5.56. The molecule has 0 saturated heterocycles. The van der Waals surface area contributed by atoms with Crippen LogP contribution in [0.3, 0.4) is 0 Å². The summed E-state index contributed by atoms with van der Waals surface area (Å²) in [5.74, 6) is -0.607. The third-order valence-electron chi connectivity index (χ3n) is 6.71. The Bertz CT molecular complexity index is 1800. The number of benzene rings is 4. The molecule has 1 unspecified atom stereocenters. The second-order valence-corrected chi connectivity index (χ2v) is 11.6. The van der Waals surface area contributed by atoms with Crippen LogP contribution in [0, 0.1) is 10.1 Å². The highest BCUT2D eigenvalue weighted by Gasteiger charge is 2.21. The number of methoxy groups -OCH3 is 2. The van der Waals surface area contributed by atoms with Crippen molar-refractivity contribution in [3.63, 3.8) is 0 Å². The minimum absolute atomic E-state index is 0.0799. The summed E-state index contributed by atoms with van der Waals surface area (Å²) in [4.78, 5) is 51.0. The first kappa shape index (κ1) is 34.5. The topological polar surface area (TPSA) is 149 Å². The number of non-ortho nitro benzene ring substituents is 1. The third-order valence-corrected chi connectivity index (χ3v) is 8.36. The molecule has 0 aliphatic rings. The summed E-state index contributed by atoms with van der Waals surface area (Å²) in [7, 11) is 2.96. The average molecular weight is 675 g/mol. The first-order valence-corrected chi connectivity index (χ1v) is 15.5. The van der Waals surface area contributed by atoms with Crippen LogP contribution in [0.4, 0.5) is 17.1 Å². The number of thioether (sulfide) groups is 1. The maximum Gasteiger partial charge on any atom is 0.272 e. The zero-order chi connectivity index (χ0) is 33.9. The van der Waals surface area contributed by atoms with Gasteiger partial charge in [0, 0.05) is 34.3 Å². The van der Waals surface area contributed by atoms with E-state index in [1.54, 1.807) is 60.7 Å². The average Bonchev–Trinajstić information content (AvgIpc) is 3.07. The molecule has 0 aromatic heterocycles. The summed E-state index contributed by atoms with van der Waals surface area (Å²) in [6.07, 6.45) is 1.92. The van der Waals surface area contributed by atoms with E-state index in [9.17, 15) is 24.5 Å². The van der Waals surface area contributed by atoms with Gasteiger partial charge in [0.25, 0.3) is 17.5 Å². The lowest BCUT2D eigenvalue weighted by Crippen LogP contribution is -2.30. The first-order chi connectivity index (χ1) is 22.6. The molecule has 4 rings (SSSR count). The predicted molar refractivity (Wildman–Crippen MR) is 183 cm³/mol. The van der Waals surface area contributed by atoms with Crippen molar-refractivity contribution >= 4 is 64.2 Å². The minimum Gasteiger partial charge on any atom is -0.495 e. The molecule has 242 valence electrons. The van der Waals surface area contributed by atoms with Crippen molar-refractivity contribution in [1.82, 2.24) is 5.32 Å². The molecule has 0 saturated carbocycles. The Hall–Kier alpha value is -5.33. The number of rotatable bonds is 13. The standard InChI is InChI=1S/C34H31ClN4O7S/c1-4-31(34(42)37-27-19-26(35)29(45-2)20-30(27)46-3)47-25-12-8-11-23(18-25)36-33(41)28(38-32(40)22-9-6-5-7-10-22)17-21-13-15-24(16-14-21)39(43)44/h5-20,31H,4H2,1-3H3,(H,36,41)(H,37,42)(H,38,40)/b28-17+. The van der Waals surface area contributed by atoms with Gasteiger partial charge in [0.05, 0.1) is 35.1 Å². The van der Waals surface area contributed by atoms with Crippen molar-refractivity contribution in [2.45, 2.75) is 23.5 Å². The number of nitro groups is 1. The number of halogens is 1. The molecule has 47 heavy (non-hydrogen) atoms. The summed E-state index contributed by atoms with van der Waals surface area (Å²) >= 11 is 7.57. The highest BCUT2D eigenvalue weighted by atomic mass is 35.5. The molecule has 0 aliphatic carbocycles. The van der Waals surface area contributed by atoms with E-state index in [2.05, 4.69) is 16.0 Å². The van der Waals surface area contributed by atoms with Crippen molar-refractivity contribution in [1.29, 1.82) is 0 Å². The lowest BCUT2D eigenvalue weighted by atomic mass is 10.1. The molecule has 0 spiro atoms. The summed E-state index contributed by atoms with van der Waals surface area (Å²) in [5.41, 5.74) is 1.43. The fourth-order valence-electron chi connectivity index (χ4n) is 4.30. The zero-order valence-corrected chi connectivity index (χ0v) is 27.2. The zero-order valence-electron chi connectivity index (χ0n) is 25.6. The third kappa shape index (κ3) is 9.35. The van der Waals surface area contributed by atoms with Gasteiger partial charge in [-0.15, -0.1) is 11.8 Å². The molecule has 1 atom stereocenters. The number of nitro benzene ring substituents is 1. The lowest BCUT2D eigenvalue weighted by molar-refractivity contribution is -0.384. The fraction of sp³-hybridized carbons (Fsp3) is 0.147. The Morgan fingerprint density at radius 3 is 2.26 bits per heavy atom. The molecule has 0 fully saturated rings. The van der Waals surface area contributed by atoms with Crippen LogP contribution >= 0.6 is 23.4 Å².